The smallest absolute Gasteiger partial charge is 0.325 e. The van der Waals surface area contributed by atoms with Gasteiger partial charge in [0.25, 0.3) is 0 Å². The van der Waals surface area contributed by atoms with Crippen molar-refractivity contribution in [2.75, 3.05) is 5.73 Å². The number of nitrogen functional groups attached to an aromatic ring is 1. The molecule has 1 aromatic rings. The number of aliphatic carboxylic acids is 1. The van der Waals surface area contributed by atoms with Crippen molar-refractivity contribution in [2.45, 2.75) is 6.04 Å². The lowest BCUT2D eigenvalue weighted by Crippen LogP contribution is -2.20. The Bertz CT molecular complexity index is 299. The van der Waals surface area contributed by atoms with Gasteiger partial charge in [0.2, 0.25) is 0 Å². The van der Waals surface area contributed by atoms with Crippen molar-refractivity contribution in [2.24, 2.45) is 5.73 Å². The molecule has 0 aliphatic carbocycles. The Morgan fingerprint density at radius 1 is 1.50 bits per heavy atom. The van der Waals surface area contributed by atoms with E-state index in [4.69, 9.17) is 16.6 Å². The fourth-order valence-corrected chi connectivity index (χ4v) is 0.895. The first kappa shape index (κ1) is 8.55. The van der Waals surface area contributed by atoms with E-state index in [9.17, 15) is 4.79 Å². The predicted octanol–water partition coefficient (Wildman–Crippen LogP) is 0.353. The van der Waals surface area contributed by atoms with Gasteiger partial charge in [0.15, 0.2) is 0 Å². The molecule has 0 aromatic heterocycles. The highest BCUT2D eigenvalue weighted by Crippen LogP contribution is 2.13. The molecule has 0 spiro atoms. The molecular formula is C8H10N2O2. The molecule has 1 atom stereocenters. The second-order valence-electron chi connectivity index (χ2n) is 2.49. The van der Waals surface area contributed by atoms with Crippen LogP contribution in [-0.4, -0.2) is 11.1 Å². The maximum absolute atomic E-state index is 10.4. The van der Waals surface area contributed by atoms with Crippen LogP contribution in [0, 0.1) is 0 Å². The molecule has 0 radical (unpaired) electrons. The summed E-state index contributed by atoms with van der Waals surface area (Å²) in [6.45, 7) is 0. The van der Waals surface area contributed by atoms with Crippen molar-refractivity contribution in [3.63, 3.8) is 0 Å². The molecule has 0 fully saturated rings. The largest absolute Gasteiger partial charge is 0.480 e. The van der Waals surface area contributed by atoms with Gasteiger partial charge in [0.1, 0.15) is 6.04 Å². The number of carboxylic acids is 1. The summed E-state index contributed by atoms with van der Waals surface area (Å²) >= 11 is 0. The predicted molar refractivity (Wildman–Crippen MR) is 45.4 cm³/mol. The van der Waals surface area contributed by atoms with E-state index in [2.05, 4.69) is 0 Å². The van der Waals surface area contributed by atoms with E-state index in [1.807, 2.05) is 0 Å². The lowest BCUT2D eigenvalue weighted by molar-refractivity contribution is -0.138. The molecule has 4 nitrogen and oxygen atoms in total. The molecule has 0 bridgehead atoms. The summed E-state index contributed by atoms with van der Waals surface area (Å²) in [5.41, 5.74) is 11.8. The van der Waals surface area contributed by atoms with E-state index >= 15 is 0 Å². The van der Waals surface area contributed by atoms with Gasteiger partial charge in [0, 0.05) is 5.69 Å². The monoisotopic (exact) mass is 166 g/mol. The third kappa shape index (κ3) is 1.73. The molecule has 1 aromatic carbocycles. The molecule has 0 saturated carbocycles. The van der Waals surface area contributed by atoms with Gasteiger partial charge in [-0.2, -0.15) is 0 Å². The zero-order chi connectivity index (χ0) is 9.14. The van der Waals surface area contributed by atoms with Crippen LogP contribution in [-0.2, 0) is 4.79 Å². The average molecular weight is 166 g/mol. The topological polar surface area (TPSA) is 89.3 Å². The van der Waals surface area contributed by atoms with E-state index in [0.29, 0.717) is 11.3 Å². The number of anilines is 1. The van der Waals surface area contributed by atoms with E-state index in [-0.39, 0.29) is 0 Å². The minimum atomic E-state index is -1.06. The Hall–Kier alpha value is -1.55. The summed E-state index contributed by atoms with van der Waals surface area (Å²) in [5, 5.41) is 8.56. The molecule has 0 heterocycles. The quantitative estimate of drug-likeness (QED) is 0.553. The number of carboxylic acid groups (broad SMARTS) is 1. The highest BCUT2D eigenvalue weighted by molar-refractivity contribution is 5.75. The van der Waals surface area contributed by atoms with Crippen molar-refractivity contribution in [3.8, 4) is 0 Å². The maximum Gasteiger partial charge on any atom is 0.325 e. The molecule has 1 rings (SSSR count). The van der Waals surface area contributed by atoms with E-state index < -0.39 is 12.0 Å². The van der Waals surface area contributed by atoms with Gasteiger partial charge in [-0.05, 0) is 17.7 Å². The van der Waals surface area contributed by atoms with Crippen LogP contribution in [0.25, 0.3) is 0 Å². The number of hydrogen-bond donors (Lipinski definition) is 3. The van der Waals surface area contributed by atoms with E-state index in [1.54, 1.807) is 24.3 Å². The zero-order valence-corrected chi connectivity index (χ0v) is 6.40. The molecule has 5 N–H and O–H groups in total. The van der Waals surface area contributed by atoms with E-state index in [0.717, 1.165) is 0 Å². The van der Waals surface area contributed by atoms with Crippen LogP contribution in [0.1, 0.15) is 11.6 Å². The van der Waals surface area contributed by atoms with Crippen LogP contribution in [0.15, 0.2) is 24.3 Å². The SMILES string of the molecule is Nc1cccc([C@@H](N)C(=O)O)c1. The van der Waals surface area contributed by atoms with Gasteiger partial charge in [-0.15, -0.1) is 0 Å². The van der Waals surface area contributed by atoms with Crippen molar-refractivity contribution < 1.29 is 9.90 Å². The first-order valence-electron chi connectivity index (χ1n) is 3.45. The molecule has 0 unspecified atom stereocenters. The molecule has 4 heteroatoms. The van der Waals surface area contributed by atoms with Crippen LogP contribution in [0.3, 0.4) is 0 Å². The third-order valence-corrected chi connectivity index (χ3v) is 1.54. The second-order valence-corrected chi connectivity index (χ2v) is 2.49. The maximum atomic E-state index is 10.4. The Morgan fingerprint density at radius 3 is 2.67 bits per heavy atom. The summed E-state index contributed by atoms with van der Waals surface area (Å²) < 4.78 is 0. The molecule has 0 saturated heterocycles. The number of hydrogen-bond acceptors (Lipinski definition) is 3. The molecule has 0 aliphatic heterocycles. The molecule has 64 valence electrons. The first-order valence-corrected chi connectivity index (χ1v) is 3.45. The van der Waals surface area contributed by atoms with Crippen molar-refractivity contribution in [1.82, 2.24) is 0 Å². The number of rotatable bonds is 2. The zero-order valence-electron chi connectivity index (χ0n) is 6.40. The average Bonchev–Trinajstić information content (AvgIpc) is 2.03. The number of nitrogens with two attached hydrogens (primary N) is 2. The Balaban J connectivity index is 2.95. The lowest BCUT2D eigenvalue weighted by Gasteiger charge is -2.06. The fourth-order valence-electron chi connectivity index (χ4n) is 0.895. The normalized spacial score (nSPS) is 12.4. The van der Waals surface area contributed by atoms with Gasteiger partial charge < -0.3 is 16.6 Å². The molecular weight excluding hydrogens is 156 g/mol. The summed E-state index contributed by atoms with van der Waals surface area (Å²) in [4.78, 5) is 10.4. The summed E-state index contributed by atoms with van der Waals surface area (Å²) in [5.74, 6) is -1.06. The van der Waals surface area contributed by atoms with Crippen LogP contribution >= 0.6 is 0 Å². The minimum Gasteiger partial charge on any atom is -0.480 e. The third-order valence-electron chi connectivity index (χ3n) is 1.54. The van der Waals surface area contributed by atoms with Gasteiger partial charge >= 0.3 is 5.97 Å². The lowest BCUT2D eigenvalue weighted by atomic mass is 10.1. The second kappa shape index (κ2) is 3.23. The van der Waals surface area contributed by atoms with Crippen LogP contribution in [0.2, 0.25) is 0 Å². The highest BCUT2D eigenvalue weighted by Gasteiger charge is 2.13. The first-order chi connectivity index (χ1) is 5.61. The Morgan fingerprint density at radius 2 is 2.17 bits per heavy atom. The van der Waals surface area contributed by atoms with Gasteiger partial charge in [-0.1, -0.05) is 12.1 Å². The standard InChI is InChI=1S/C8H10N2O2/c9-6-3-1-2-5(4-6)7(10)8(11)12/h1-4,7H,9-10H2,(H,11,12)/t7-/m1/s1. The van der Waals surface area contributed by atoms with Gasteiger partial charge in [-0.25, -0.2) is 0 Å². The van der Waals surface area contributed by atoms with Crippen molar-refractivity contribution in [1.29, 1.82) is 0 Å². The molecule has 0 aliphatic rings. The minimum absolute atomic E-state index is 0.516. The van der Waals surface area contributed by atoms with Crippen LogP contribution in [0.5, 0.6) is 0 Å². The number of carbonyl (C=O) groups is 1. The summed E-state index contributed by atoms with van der Waals surface area (Å²) in [6, 6.07) is 5.55. The van der Waals surface area contributed by atoms with Gasteiger partial charge in [-0.3, -0.25) is 4.79 Å². The highest BCUT2D eigenvalue weighted by atomic mass is 16.4. The number of benzene rings is 1. The van der Waals surface area contributed by atoms with Crippen LogP contribution < -0.4 is 11.5 Å². The molecule has 12 heavy (non-hydrogen) atoms. The molecule has 0 amide bonds. The summed E-state index contributed by atoms with van der Waals surface area (Å²) in [7, 11) is 0. The summed E-state index contributed by atoms with van der Waals surface area (Å²) in [6.07, 6.45) is 0. The van der Waals surface area contributed by atoms with Crippen LogP contribution in [0.4, 0.5) is 5.69 Å². The Labute approximate surface area is 69.8 Å². The fraction of sp³-hybridized carbons (Fsp3) is 0.125. The van der Waals surface area contributed by atoms with E-state index in [1.165, 1.54) is 0 Å². The van der Waals surface area contributed by atoms with Gasteiger partial charge in [0.05, 0.1) is 0 Å². The van der Waals surface area contributed by atoms with Crippen molar-refractivity contribution in [3.05, 3.63) is 29.8 Å². The van der Waals surface area contributed by atoms with Crippen molar-refractivity contribution >= 4 is 11.7 Å². The Kier molecular flexibility index (Phi) is 2.30.